The molecule has 1 aliphatic rings. The Morgan fingerprint density at radius 3 is 2.29 bits per heavy atom. The van der Waals surface area contributed by atoms with Gasteiger partial charge in [0.05, 0.1) is 5.69 Å². The van der Waals surface area contributed by atoms with Crippen molar-refractivity contribution in [3.63, 3.8) is 0 Å². The number of imide groups is 2. The third kappa shape index (κ3) is 5.15. The molecule has 0 unspecified atom stereocenters. The molecule has 1 N–H and O–H groups in total. The molecule has 11 heteroatoms. The molecule has 0 radical (unpaired) electrons. The first-order chi connectivity index (χ1) is 16.5. The molecule has 0 saturated carbocycles. The van der Waals surface area contributed by atoms with Crippen LogP contribution in [0, 0.1) is 12.7 Å². The maximum atomic E-state index is 13.3. The Kier molecular flexibility index (Phi) is 6.55. The van der Waals surface area contributed by atoms with Gasteiger partial charge in [0.15, 0.2) is 0 Å². The first-order valence-corrected chi connectivity index (χ1v) is 12.2. The van der Waals surface area contributed by atoms with Gasteiger partial charge in [-0.15, -0.1) is 0 Å². The highest BCUT2D eigenvalue weighted by Gasteiger charge is 2.37. The lowest BCUT2D eigenvalue weighted by Crippen LogP contribution is -2.54. The predicted molar refractivity (Wildman–Crippen MR) is 129 cm³/mol. The smallest absolute Gasteiger partial charge is 0.339 e. The molecule has 4 amide bonds. The van der Waals surface area contributed by atoms with E-state index in [0.717, 1.165) is 23.8 Å². The van der Waals surface area contributed by atoms with E-state index in [1.54, 1.807) is 12.1 Å². The van der Waals surface area contributed by atoms with E-state index in [2.05, 4.69) is 21.2 Å². The lowest BCUT2D eigenvalue weighted by atomic mass is 10.1. The Hall–Kier alpha value is -3.83. The van der Waals surface area contributed by atoms with Gasteiger partial charge in [-0.2, -0.15) is 8.42 Å². The molecule has 1 fully saturated rings. The maximum Gasteiger partial charge on any atom is 0.339 e. The quantitative estimate of drug-likeness (QED) is 0.283. The summed E-state index contributed by atoms with van der Waals surface area (Å²) >= 11 is 3.27. The maximum absolute atomic E-state index is 13.3. The summed E-state index contributed by atoms with van der Waals surface area (Å²) in [6.45, 7) is 1.81. The zero-order valence-electron chi connectivity index (χ0n) is 18.0. The summed E-state index contributed by atoms with van der Waals surface area (Å²) in [5, 5.41) is 2.05. The summed E-state index contributed by atoms with van der Waals surface area (Å²) < 4.78 is 44.7. The van der Waals surface area contributed by atoms with Crippen molar-refractivity contribution in [3.8, 4) is 5.75 Å². The van der Waals surface area contributed by atoms with Crippen LogP contribution in [0.25, 0.3) is 6.08 Å². The average molecular weight is 559 g/mol. The second-order valence-electron chi connectivity index (χ2n) is 7.47. The van der Waals surface area contributed by atoms with Gasteiger partial charge in [-0.25, -0.2) is 14.1 Å². The third-order valence-electron chi connectivity index (χ3n) is 4.97. The summed E-state index contributed by atoms with van der Waals surface area (Å²) in [6.07, 6.45) is 1.12. The minimum absolute atomic E-state index is 0.0416. The fraction of sp³-hybridized carbons (Fsp3) is 0.0417. The molecule has 0 spiro atoms. The number of nitrogens with one attached hydrogen (secondary N) is 1. The Morgan fingerprint density at radius 2 is 1.63 bits per heavy atom. The highest BCUT2D eigenvalue weighted by atomic mass is 79.9. The Labute approximate surface area is 208 Å². The molecule has 3 aromatic carbocycles. The van der Waals surface area contributed by atoms with Crippen LogP contribution in [0.4, 0.5) is 14.9 Å². The number of hydrogen-bond acceptors (Lipinski definition) is 6. The van der Waals surface area contributed by atoms with Crippen molar-refractivity contribution in [2.24, 2.45) is 0 Å². The zero-order chi connectivity index (χ0) is 25.3. The van der Waals surface area contributed by atoms with Crippen molar-refractivity contribution in [1.29, 1.82) is 0 Å². The number of halogens is 2. The van der Waals surface area contributed by atoms with E-state index in [1.807, 2.05) is 6.92 Å². The number of benzene rings is 3. The lowest BCUT2D eigenvalue weighted by Gasteiger charge is -2.26. The highest BCUT2D eigenvalue weighted by Crippen LogP contribution is 2.30. The van der Waals surface area contributed by atoms with E-state index >= 15 is 0 Å². The fourth-order valence-electron chi connectivity index (χ4n) is 3.22. The molecule has 0 aliphatic carbocycles. The molecular weight excluding hydrogens is 543 g/mol. The van der Waals surface area contributed by atoms with Crippen LogP contribution in [0.3, 0.4) is 0 Å². The van der Waals surface area contributed by atoms with E-state index in [4.69, 9.17) is 4.18 Å². The van der Waals surface area contributed by atoms with Gasteiger partial charge in [0.25, 0.3) is 11.8 Å². The van der Waals surface area contributed by atoms with Gasteiger partial charge in [0.2, 0.25) is 0 Å². The second kappa shape index (κ2) is 9.43. The van der Waals surface area contributed by atoms with Crippen LogP contribution >= 0.6 is 15.9 Å². The molecule has 1 heterocycles. The molecule has 4 rings (SSSR count). The van der Waals surface area contributed by atoms with E-state index in [0.29, 0.717) is 9.37 Å². The number of amides is 4. The summed E-state index contributed by atoms with van der Waals surface area (Å²) in [5.74, 6) is -2.67. The molecule has 0 bridgehead atoms. The molecule has 3 aromatic rings. The normalized spacial score (nSPS) is 15.3. The molecule has 1 saturated heterocycles. The van der Waals surface area contributed by atoms with Crippen molar-refractivity contribution in [2.45, 2.75) is 11.8 Å². The number of carbonyl (C=O) groups excluding carboxylic acids is 3. The van der Waals surface area contributed by atoms with E-state index < -0.39 is 39.4 Å². The van der Waals surface area contributed by atoms with Crippen molar-refractivity contribution < 1.29 is 31.4 Å². The number of barbiturate groups is 1. The Balaban J connectivity index is 1.74. The van der Waals surface area contributed by atoms with Crippen molar-refractivity contribution >= 4 is 55.7 Å². The largest absolute Gasteiger partial charge is 0.378 e. The number of nitrogens with zero attached hydrogens (tertiary/aromatic N) is 1. The van der Waals surface area contributed by atoms with Crippen molar-refractivity contribution in [1.82, 2.24) is 5.32 Å². The van der Waals surface area contributed by atoms with Crippen molar-refractivity contribution in [3.05, 3.63) is 93.7 Å². The number of aryl methyl sites for hydroxylation is 1. The van der Waals surface area contributed by atoms with Crippen LogP contribution in [-0.4, -0.2) is 26.3 Å². The molecule has 178 valence electrons. The standard InChI is InChI=1S/C24H16BrFN2O6S/c1-14-2-9-19(10-3-14)35(32,33)34-21-11-4-16(25)12-15(21)13-20-22(29)27-24(31)28(23(20)30)18-7-5-17(26)6-8-18/h2-13H,1H3,(H,27,29,31)/b20-13+. The molecular formula is C24H16BrFN2O6S. The first-order valence-electron chi connectivity index (χ1n) is 10.0. The van der Waals surface area contributed by atoms with Gasteiger partial charge in [0, 0.05) is 10.0 Å². The number of urea groups is 1. The van der Waals surface area contributed by atoms with Crippen LogP contribution in [0.5, 0.6) is 5.75 Å². The van der Waals surface area contributed by atoms with E-state index in [1.165, 1.54) is 42.5 Å². The van der Waals surface area contributed by atoms with Crippen LogP contribution in [0.15, 0.2) is 81.7 Å². The number of rotatable bonds is 5. The molecule has 0 aromatic heterocycles. The minimum atomic E-state index is -4.23. The van der Waals surface area contributed by atoms with Crippen LogP contribution < -0.4 is 14.4 Å². The summed E-state index contributed by atoms with van der Waals surface area (Å²) in [5.41, 5.74) is 0.534. The minimum Gasteiger partial charge on any atom is -0.378 e. The van der Waals surface area contributed by atoms with Crippen LogP contribution in [-0.2, 0) is 19.7 Å². The van der Waals surface area contributed by atoms with Gasteiger partial charge in [-0.3, -0.25) is 14.9 Å². The fourth-order valence-corrected chi connectivity index (χ4v) is 4.55. The molecule has 35 heavy (non-hydrogen) atoms. The number of anilines is 1. The number of hydrogen-bond donors (Lipinski definition) is 1. The predicted octanol–water partition coefficient (Wildman–Crippen LogP) is 4.33. The highest BCUT2D eigenvalue weighted by molar-refractivity contribution is 9.10. The summed E-state index contributed by atoms with van der Waals surface area (Å²) in [7, 11) is -4.23. The lowest BCUT2D eigenvalue weighted by molar-refractivity contribution is -0.122. The number of carbonyl (C=O) groups is 3. The molecule has 1 aliphatic heterocycles. The SMILES string of the molecule is Cc1ccc(S(=O)(=O)Oc2ccc(Br)cc2/C=C2\C(=O)NC(=O)N(c3ccc(F)cc3)C2=O)cc1. The first kappa shape index (κ1) is 24.3. The molecule has 8 nitrogen and oxygen atoms in total. The summed E-state index contributed by atoms with van der Waals surface area (Å²) in [6, 6.07) is 13.9. The van der Waals surface area contributed by atoms with Gasteiger partial charge in [-0.05, 0) is 67.6 Å². The van der Waals surface area contributed by atoms with E-state index in [-0.39, 0.29) is 21.9 Å². The van der Waals surface area contributed by atoms with Gasteiger partial charge < -0.3 is 4.18 Å². The third-order valence-corrected chi connectivity index (χ3v) is 6.71. The zero-order valence-corrected chi connectivity index (χ0v) is 20.4. The summed E-state index contributed by atoms with van der Waals surface area (Å²) in [4.78, 5) is 38.5. The van der Waals surface area contributed by atoms with Crippen LogP contribution in [0.1, 0.15) is 11.1 Å². The van der Waals surface area contributed by atoms with E-state index in [9.17, 15) is 27.2 Å². The van der Waals surface area contributed by atoms with Crippen molar-refractivity contribution in [2.75, 3.05) is 4.90 Å². The van der Waals surface area contributed by atoms with Gasteiger partial charge in [-0.1, -0.05) is 33.6 Å². The second-order valence-corrected chi connectivity index (χ2v) is 9.93. The monoisotopic (exact) mass is 558 g/mol. The van der Waals surface area contributed by atoms with Gasteiger partial charge in [0.1, 0.15) is 22.0 Å². The average Bonchev–Trinajstić information content (AvgIpc) is 2.79. The topological polar surface area (TPSA) is 110 Å². The van der Waals surface area contributed by atoms with Crippen LogP contribution in [0.2, 0.25) is 0 Å². The van der Waals surface area contributed by atoms with Gasteiger partial charge >= 0.3 is 16.1 Å². The molecule has 0 atom stereocenters. The Morgan fingerprint density at radius 1 is 0.971 bits per heavy atom. The Bertz CT molecular complexity index is 1490.